The fourth-order valence-corrected chi connectivity index (χ4v) is 4.91. The molecular formula is C19H17N3OS. The molecule has 1 N–H and O–H groups in total. The molecule has 2 heterocycles. The summed E-state index contributed by atoms with van der Waals surface area (Å²) < 4.78 is 1.17. The van der Waals surface area contributed by atoms with Crippen molar-refractivity contribution in [3.05, 3.63) is 42.6 Å². The van der Waals surface area contributed by atoms with E-state index >= 15 is 0 Å². The number of nitrogens with zero attached hydrogens (tertiary/aromatic N) is 2. The van der Waals surface area contributed by atoms with Gasteiger partial charge in [0.1, 0.15) is 10.8 Å². The predicted octanol–water partition coefficient (Wildman–Crippen LogP) is 4.49. The number of thiazole rings is 1. The van der Waals surface area contributed by atoms with Crippen LogP contribution in [0.4, 0.5) is 5.82 Å². The van der Waals surface area contributed by atoms with E-state index < -0.39 is 0 Å². The van der Waals surface area contributed by atoms with Gasteiger partial charge in [0.25, 0.3) is 0 Å². The number of hydrogen-bond donors (Lipinski definition) is 1. The molecule has 2 fully saturated rings. The minimum atomic E-state index is -0.0760. The molecule has 5 rings (SSSR count). The third-order valence-corrected chi connectivity index (χ3v) is 6.49. The topological polar surface area (TPSA) is 54.9 Å². The summed E-state index contributed by atoms with van der Waals surface area (Å²) in [6.07, 6.45) is 6.28. The number of benzene rings is 1. The Morgan fingerprint density at radius 1 is 1.25 bits per heavy atom. The highest BCUT2D eigenvalue weighted by Crippen LogP contribution is 2.63. The van der Waals surface area contributed by atoms with Gasteiger partial charge in [-0.15, -0.1) is 11.3 Å². The van der Waals surface area contributed by atoms with Gasteiger partial charge in [0.2, 0.25) is 5.91 Å². The van der Waals surface area contributed by atoms with E-state index in [-0.39, 0.29) is 11.3 Å². The molecule has 0 saturated heterocycles. The van der Waals surface area contributed by atoms with Crippen molar-refractivity contribution in [2.45, 2.75) is 25.7 Å². The Labute approximate surface area is 144 Å². The predicted molar refractivity (Wildman–Crippen MR) is 95.9 cm³/mol. The highest BCUT2D eigenvalue weighted by Gasteiger charge is 2.61. The van der Waals surface area contributed by atoms with E-state index in [1.807, 2.05) is 30.3 Å². The number of para-hydroxylation sites is 1. The molecule has 2 atom stereocenters. The molecule has 2 aromatic heterocycles. The van der Waals surface area contributed by atoms with Crippen molar-refractivity contribution in [1.82, 2.24) is 9.97 Å². The largest absolute Gasteiger partial charge is 0.310 e. The Balaban J connectivity index is 1.36. The average molecular weight is 335 g/mol. The van der Waals surface area contributed by atoms with E-state index in [0.29, 0.717) is 11.7 Å². The molecule has 0 unspecified atom stereocenters. The molecule has 1 amide bonds. The van der Waals surface area contributed by atoms with Crippen LogP contribution in [0.25, 0.3) is 20.8 Å². The molecule has 4 nitrogen and oxygen atoms in total. The number of fused-ring (bicyclic) bond motifs is 2. The number of aromatic nitrogens is 2. The van der Waals surface area contributed by atoms with Crippen LogP contribution in [0.3, 0.4) is 0 Å². The van der Waals surface area contributed by atoms with Gasteiger partial charge in [-0.25, -0.2) is 9.97 Å². The standard InChI is InChI=1S/C19H17N3OS/c23-18(19-9-3-4-13(19)10-19)22-16-8-7-12(11-20-16)17-21-14-5-1-2-6-15(14)24-17/h1-2,5-8,11,13H,3-4,9-10H2,(H,20,22,23)/t13-,19-/m1/s1. The van der Waals surface area contributed by atoms with Crippen LogP contribution in [0.2, 0.25) is 0 Å². The van der Waals surface area contributed by atoms with E-state index in [2.05, 4.69) is 21.4 Å². The number of anilines is 1. The third kappa shape index (κ3) is 2.15. The smallest absolute Gasteiger partial charge is 0.232 e. The average Bonchev–Trinajstić information content (AvgIpc) is 2.97. The number of carbonyl (C=O) groups excluding carboxylic acids is 1. The lowest BCUT2D eigenvalue weighted by Gasteiger charge is -2.12. The Morgan fingerprint density at radius 3 is 2.88 bits per heavy atom. The molecule has 2 saturated carbocycles. The number of amides is 1. The summed E-state index contributed by atoms with van der Waals surface area (Å²) >= 11 is 1.66. The van der Waals surface area contributed by atoms with Gasteiger partial charge >= 0.3 is 0 Å². The Morgan fingerprint density at radius 2 is 2.17 bits per heavy atom. The van der Waals surface area contributed by atoms with Gasteiger partial charge in [-0.05, 0) is 49.4 Å². The van der Waals surface area contributed by atoms with Gasteiger partial charge in [-0.1, -0.05) is 18.6 Å². The van der Waals surface area contributed by atoms with E-state index in [1.54, 1.807) is 17.5 Å². The molecule has 120 valence electrons. The summed E-state index contributed by atoms with van der Waals surface area (Å²) in [6.45, 7) is 0. The lowest BCUT2D eigenvalue weighted by atomic mass is 10.0. The van der Waals surface area contributed by atoms with Crippen molar-refractivity contribution in [3.8, 4) is 10.6 Å². The second-order valence-corrected chi connectivity index (χ2v) is 7.85. The number of rotatable bonds is 3. The van der Waals surface area contributed by atoms with E-state index in [9.17, 15) is 4.79 Å². The minimum Gasteiger partial charge on any atom is -0.310 e. The van der Waals surface area contributed by atoms with Crippen LogP contribution in [0, 0.1) is 11.3 Å². The van der Waals surface area contributed by atoms with E-state index in [1.165, 1.54) is 17.5 Å². The first kappa shape index (κ1) is 14.1. The monoisotopic (exact) mass is 335 g/mol. The first-order chi connectivity index (χ1) is 11.7. The van der Waals surface area contributed by atoms with Crippen molar-refractivity contribution in [1.29, 1.82) is 0 Å². The fourth-order valence-electron chi connectivity index (χ4n) is 3.95. The number of nitrogens with one attached hydrogen (secondary N) is 1. The molecule has 0 aliphatic heterocycles. The maximum Gasteiger partial charge on any atom is 0.232 e. The van der Waals surface area contributed by atoms with Gasteiger partial charge in [-0.2, -0.15) is 0 Å². The SMILES string of the molecule is O=C(Nc1ccc(-c2nc3ccccc3s2)cn1)[C@@]12CCC[C@@H]1C2. The summed E-state index contributed by atoms with van der Waals surface area (Å²) in [5.41, 5.74) is 1.92. The van der Waals surface area contributed by atoms with E-state index in [0.717, 1.165) is 28.9 Å². The summed E-state index contributed by atoms with van der Waals surface area (Å²) in [7, 11) is 0. The normalized spacial score (nSPS) is 24.8. The summed E-state index contributed by atoms with van der Waals surface area (Å²) in [4.78, 5) is 21.6. The molecule has 24 heavy (non-hydrogen) atoms. The number of carbonyl (C=O) groups is 1. The van der Waals surface area contributed by atoms with Crippen LogP contribution in [0.15, 0.2) is 42.6 Å². The van der Waals surface area contributed by atoms with Crippen molar-refractivity contribution in [2.24, 2.45) is 11.3 Å². The summed E-state index contributed by atoms with van der Waals surface area (Å²) in [5, 5.41) is 3.96. The van der Waals surface area contributed by atoms with Crippen LogP contribution >= 0.6 is 11.3 Å². The Hall–Kier alpha value is -2.27. The van der Waals surface area contributed by atoms with Crippen molar-refractivity contribution in [3.63, 3.8) is 0 Å². The minimum absolute atomic E-state index is 0.0760. The first-order valence-corrected chi connectivity index (χ1v) is 9.20. The van der Waals surface area contributed by atoms with Crippen molar-refractivity contribution < 1.29 is 4.79 Å². The lowest BCUT2D eigenvalue weighted by molar-refractivity contribution is -0.121. The molecule has 2 aliphatic carbocycles. The molecule has 0 radical (unpaired) electrons. The Kier molecular flexibility index (Phi) is 3.00. The molecule has 5 heteroatoms. The highest BCUT2D eigenvalue weighted by atomic mass is 32.1. The van der Waals surface area contributed by atoms with Crippen molar-refractivity contribution in [2.75, 3.05) is 5.32 Å². The van der Waals surface area contributed by atoms with Crippen molar-refractivity contribution >= 4 is 33.3 Å². The van der Waals surface area contributed by atoms with Crippen LogP contribution in [-0.2, 0) is 4.79 Å². The van der Waals surface area contributed by atoms with Gasteiger partial charge < -0.3 is 5.32 Å². The lowest BCUT2D eigenvalue weighted by Crippen LogP contribution is -2.24. The zero-order chi connectivity index (χ0) is 16.1. The molecule has 3 aromatic rings. The van der Waals surface area contributed by atoms with E-state index in [4.69, 9.17) is 0 Å². The Bertz CT molecular complexity index is 900. The molecule has 1 aromatic carbocycles. The zero-order valence-corrected chi connectivity index (χ0v) is 14.0. The van der Waals surface area contributed by atoms with Gasteiger partial charge in [0, 0.05) is 11.8 Å². The van der Waals surface area contributed by atoms with Crippen LogP contribution in [-0.4, -0.2) is 15.9 Å². The zero-order valence-electron chi connectivity index (χ0n) is 13.2. The highest BCUT2D eigenvalue weighted by molar-refractivity contribution is 7.21. The maximum absolute atomic E-state index is 12.5. The van der Waals surface area contributed by atoms with Crippen LogP contribution in [0.5, 0.6) is 0 Å². The maximum atomic E-state index is 12.5. The summed E-state index contributed by atoms with van der Waals surface area (Å²) in [5.74, 6) is 1.40. The number of pyridine rings is 1. The van der Waals surface area contributed by atoms with Gasteiger partial charge in [-0.3, -0.25) is 4.79 Å². The van der Waals surface area contributed by atoms with Crippen LogP contribution in [0.1, 0.15) is 25.7 Å². The molecular weight excluding hydrogens is 318 g/mol. The second-order valence-electron chi connectivity index (χ2n) is 6.82. The molecule has 2 aliphatic rings. The molecule has 0 bridgehead atoms. The third-order valence-electron chi connectivity index (χ3n) is 5.41. The quantitative estimate of drug-likeness (QED) is 0.767. The van der Waals surface area contributed by atoms with Gasteiger partial charge in [0.15, 0.2) is 0 Å². The summed E-state index contributed by atoms with van der Waals surface area (Å²) in [6, 6.07) is 12.0. The van der Waals surface area contributed by atoms with Crippen LogP contribution < -0.4 is 5.32 Å². The molecule has 0 spiro atoms. The second kappa shape index (κ2) is 5.11. The van der Waals surface area contributed by atoms with Gasteiger partial charge in [0.05, 0.1) is 15.6 Å². The first-order valence-electron chi connectivity index (χ1n) is 8.38. The number of hydrogen-bond acceptors (Lipinski definition) is 4. The fraction of sp³-hybridized carbons (Fsp3) is 0.316.